The largest absolute Gasteiger partial charge is 0.493 e. The lowest BCUT2D eigenvalue weighted by molar-refractivity contribution is -0.127. The van der Waals surface area contributed by atoms with Crippen molar-refractivity contribution in [2.75, 3.05) is 19.0 Å². The summed E-state index contributed by atoms with van der Waals surface area (Å²) < 4.78 is 12.1. The first kappa shape index (κ1) is 26.8. The second-order valence-electron chi connectivity index (χ2n) is 8.10. The number of carbonyl (C=O) groups excluding carboxylic acids is 3. The van der Waals surface area contributed by atoms with Crippen LogP contribution in [0.3, 0.4) is 0 Å². The van der Waals surface area contributed by atoms with Gasteiger partial charge in [-0.15, -0.1) is 0 Å². The number of amides is 3. The predicted octanol–water partition coefficient (Wildman–Crippen LogP) is 6.67. The van der Waals surface area contributed by atoms with E-state index in [1.165, 1.54) is 7.11 Å². The average molecular weight is 602 g/mol. The van der Waals surface area contributed by atoms with Gasteiger partial charge in [0.25, 0.3) is 11.1 Å². The zero-order valence-corrected chi connectivity index (χ0v) is 23.1. The van der Waals surface area contributed by atoms with Crippen LogP contribution in [0.2, 0.25) is 5.02 Å². The highest BCUT2D eigenvalue weighted by Crippen LogP contribution is 2.38. The summed E-state index contributed by atoms with van der Waals surface area (Å²) in [6.45, 7) is 1.95. The standard InChI is InChI=1S/C27H22BrClN2O5S/c1-16-6-5-7-17(10-16)15-36-23-13-19(28)18(11-22(23)35-2)12-24-26(33)31(27(34)37-24)14-25(32)30-21-9-4-3-8-20(21)29/h3-13H,14-15H2,1-2H3,(H,30,32)/b24-12+. The third-order valence-corrected chi connectivity index (χ3v) is 7.29. The van der Waals surface area contributed by atoms with E-state index in [9.17, 15) is 14.4 Å². The summed E-state index contributed by atoms with van der Waals surface area (Å²) in [5.74, 6) is -0.0950. The van der Waals surface area contributed by atoms with Gasteiger partial charge < -0.3 is 14.8 Å². The number of imide groups is 1. The Morgan fingerprint density at radius 1 is 1.11 bits per heavy atom. The van der Waals surface area contributed by atoms with Crippen LogP contribution in [0, 0.1) is 6.92 Å². The zero-order valence-electron chi connectivity index (χ0n) is 19.9. The lowest BCUT2D eigenvalue weighted by atomic mass is 10.1. The van der Waals surface area contributed by atoms with E-state index in [1.807, 2.05) is 31.2 Å². The smallest absolute Gasteiger partial charge is 0.294 e. The van der Waals surface area contributed by atoms with E-state index >= 15 is 0 Å². The number of para-hydroxylation sites is 1. The van der Waals surface area contributed by atoms with E-state index in [0.717, 1.165) is 27.8 Å². The summed E-state index contributed by atoms with van der Waals surface area (Å²) in [6.07, 6.45) is 1.58. The lowest BCUT2D eigenvalue weighted by Gasteiger charge is -2.14. The van der Waals surface area contributed by atoms with Gasteiger partial charge in [-0.25, -0.2) is 0 Å². The first-order valence-electron chi connectivity index (χ1n) is 11.1. The van der Waals surface area contributed by atoms with Crippen molar-refractivity contribution in [1.82, 2.24) is 4.90 Å². The Balaban J connectivity index is 1.48. The fourth-order valence-corrected chi connectivity index (χ4v) is 5.02. The SMILES string of the molecule is COc1cc(/C=C2/SC(=O)N(CC(=O)Nc3ccccc3Cl)C2=O)c(Br)cc1OCc1cccc(C)c1. The van der Waals surface area contributed by atoms with Crippen molar-refractivity contribution in [1.29, 1.82) is 0 Å². The summed E-state index contributed by atoms with van der Waals surface area (Å²) >= 11 is 10.3. The monoisotopic (exact) mass is 600 g/mol. The van der Waals surface area contributed by atoms with Crippen LogP contribution in [-0.4, -0.2) is 35.6 Å². The fraction of sp³-hybridized carbons (Fsp3) is 0.148. The molecule has 1 saturated heterocycles. The summed E-state index contributed by atoms with van der Waals surface area (Å²) in [6, 6.07) is 18.2. The van der Waals surface area contributed by atoms with Crippen molar-refractivity contribution in [3.63, 3.8) is 0 Å². The summed E-state index contributed by atoms with van der Waals surface area (Å²) in [7, 11) is 1.53. The van der Waals surface area contributed by atoms with Crippen LogP contribution in [0.1, 0.15) is 16.7 Å². The predicted molar refractivity (Wildman–Crippen MR) is 149 cm³/mol. The normalized spacial score (nSPS) is 14.3. The van der Waals surface area contributed by atoms with E-state index in [0.29, 0.717) is 38.9 Å². The van der Waals surface area contributed by atoms with Gasteiger partial charge in [-0.05, 0) is 60.2 Å². The molecule has 1 N–H and O–H groups in total. The maximum absolute atomic E-state index is 12.9. The molecular formula is C27H22BrClN2O5S. The number of hydrogen-bond donors (Lipinski definition) is 1. The number of nitrogens with zero attached hydrogens (tertiary/aromatic N) is 1. The molecule has 1 heterocycles. The Labute approximate surface area is 231 Å². The van der Waals surface area contributed by atoms with Crippen molar-refractivity contribution < 1.29 is 23.9 Å². The second-order valence-corrected chi connectivity index (χ2v) is 10.4. The molecule has 0 atom stereocenters. The number of benzene rings is 3. The highest BCUT2D eigenvalue weighted by Gasteiger charge is 2.36. The van der Waals surface area contributed by atoms with Crippen LogP contribution in [0.5, 0.6) is 11.5 Å². The molecule has 190 valence electrons. The van der Waals surface area contributed by atoms with Gasteiger partial charge in [0.15, 0.2) is 11.5 Å². The van der Waals surface area contributed by atoms with E-state index in [2.05, 4.69) is 21.2 Å². The van der Waals surface area contributed by atoms with Gasteiger partial charge >= 0.3 is 0 Å². The van der Waals surface area contributed by atoms with E-state index in [4.69, 9.17) is 21.1 Å². The minimum absolute atomic E-state index is 0.187. The second kappa shape index (κ2) is 11.9. The number of carbonyl (C=O) groups is 3. The molecule has 10 heteroatoms. The number of halogens is 2. The quantitative estimate of drug-likeness (QED) is 0.290. The maximum Gasteiger partial charge on any atom is 0.294 e. The molecule has 37 heavy (non-hydrogen) atoms. The van der Waals surface area contributed by atoms with Gasteiger partial charge in [-0.1, -0.05) is 69.5 Å². The first-order valence-corrected chi connectivity index (χ1v) is 13.1. The van der Waals surface area contributed by atoms with E-state index in [1.54, 1.807) is 42.5 Å². The third kappa shape index (κ3) is 6.54. The molecule has 0 radical (unpaired) electrons. The molecule has 4 rings (SSSR count). The third-order valence-electron chi connectivity index (χ3n) is 5.37. The van der Waals surface area contributed by atoms with Crippen LogP contribution < -0.4 is 14.8 Å². The van der Waals surface area contributed by atoms with Gasteiger partial charge in [0.05, 0.1) is 22.7 Å². The minimum Gasteiger partial charge on any atom is -0.493 e. The average Bonchev–Trinajstić information content (AvgIpc) is 3.12. The number of hydrogen-bond acceptors (Lipinski definition) is 6. The van der Waals surface area contributed by atoms with Gasteiger partial charge in [-0.2, -0.15) is 0 Å². The van der Waals surface area contributed by atoms with E-state index in [-0.39, 0.29) is 4.91 Å². The maximum atomic E-state index is 12.9. The Kier molecular flexibility index (Phi) is 8.58. The lowest BCUT2D eigenvalue weighted by Crippen LogP contribution is -2.36. The molecule has 3 amide bonds. The highest BCUT2D eigenvalue weighted by atomic mass is 79.9. The topological polar surface area (TPSA) is 84.9 Å². The van der Waals surface area contributed by atoms with Crippen LogP contribution in [0.4, 0.5) is 10.5 Å². The zero-order chi connectivity index (χ0) is 26.5. The molecule has 1 aliphatic heterocycles. The number of aryl methyl sites for hydroxylation is 1. The van der Waals surface area contributed by atoms with Crippen LogP contribution in [-0.2, 0) is 16.2 Å². The van der Waals surface area contributed by atoms with Gasteiger partial charge in [0.2, 0.25) is 5.91 Å². The number of thioether (sulfide) groups is 1. The number of nitrogens with one attached hydrogen (secondary N) is 1. The Morgan fingerprint density at radius 2 is 1.89 bits per heavy atom. The van der Waals surface area contributed by atoms with Gasteiger partial charge in [-0.3, -0.25) is 19.3 Å². The molecular weight excluding hydrogens is 580 g/mol. The molecule has 0 saturated carbocycles. The fourth-order valence-electron chi connectivity index (χ4n) is 3.57. The molecule has 3 aromatic carbocycles. The van der Waals surface area contributed by atoms with Crippen molar-refractivity contribution in [3.05, 3.63) is 91.8 Å². The molecule has 3 aromatic rings. The Morgan fingerprint density at radius 3 is 2.62 bits per heavy atom. The van der Waals surface area contributed by atoms with Crippen molar-refractivity contribution in [2.45, 2.75) is 13.5 Å². The van der Waals surface area contributed by atoms with Crippen molar-refractivity contribution >= 4 is 68.1 Å². The molecule has 0 aromatic heterocycles. The summed E-state index contributed by atoms with van der Waals surface area (Å²) in [5, 5.41) is 2.44. The molecule has 0 unspecified atom stereocenters. The number of anilines is 1. The van der Waals surface area contributed by atoms with Crippen LogP contribution >= 0.6 is 39.3 Å². The summed E-state index contributed by atoms with van der Waals surface area (Å²) in [4.78, 5) is 39.0. The molecule has 1 fully saturated rings. The molecule has 7 nitrogen and oxygen atoms in total. The Hall–Kier alpha value is -3.27. The Bertz CT molecular complexity index is 1410. The van der Waals surface area contributed by atoms with Crippen LogP contribution in [0.25, 0.3) is 6.08 Å². The minimum atomic E-state index is -0.560. The van der Waals surface area contributed by atoms with Gasteiger partial charge in [0, 0.05) is 4.47 Å². The first-order chi connectivity index (χ1) is 17.7. The van der Waals surface area contributed by atoms with Crippen molar-refractivity contribution in [2.24, 2.45) is 0 Å². The molecule has 1 aliphatic rings. The number of methoxy groups -OCH3 is 1. The molecule has 0 bridgehead atoms. The van der Waals surface area contributed by atoms with Crippen molar-refractivity contribution in [3.8, 4) is 11.5 Å². The number of ether oxygens (including phenoxy) is 2. The van der Waals surface area contributed by atoms with Gasteiger partial charge in [0.1, 0.15) is 13.2 Å². The van der Waals surface area contributed by atoms with E-state index < -0.39 is 23.6 Å². The van der Waals surface area contributed by atoms with Crippen LogP contribution in [0.15, 0.2) is 70.0 Å². The molecule has 0 aliphatic carbocycles. The number of rotatable bonds is 8. The summed E-state index contributed by atoms with van der Waals surface area (Å²) in [5.41, 5.74) is 3.18. The highest BCUT2D eigenvalue weighted by molar-refractivity contribution is 9.10. The molecule has 0 spiro atoms.